The maximum atomic E-state index is 5.67. The Bertz CT molecular complexity index is 2980. The van der Waals surface area contributed by atoms with Gasteiger partial charge in [0, 0.05) is 17.1 Å². The Morgan fingerprint density at radius 3 is 1.87 bits per heavy atom. The van der Waals surface area contributed by atoms with Crippen molar-refractivity contribution in [2.45, 2.75) is 17.8 Å². The number of aliphatic imine (C=N–C) groups is 1. The summed E-state index contributed by atoms with van der Waals surface area (Å²) in [4.78, 5) is 5.67. The van der Waals surface area contributed by atoms with E-state index in [1.807, 2.05) is 0 Å². The van der Waals surface area contributed by atoms with Crippen molar-refractivity contribution < 1.29 is 0 Å². The number of hydrogen-bond acceptors (Lipinski definition) is 1. The Kier molecular flexibility index (Phi) is 6.45. The summed E-state index contributed by atoms with van der Waals surface area (Å²) in [6.07, 6.45) is 3.30. The molecule has 0 N–H and O–H groups in total. The van der Waals surface area contributed by atoms with Gasteiger partial charge in [-0.2, -0.15) is 0 Å². The van der Waals surface area contributed by atoms with Gasteiger partial charge in [0.05, 0.1) is 16.8 Å². The number of rotatable bonds is 4. The van der Waals surface area contributed by atoms with Gasteiger partial charge in [-0.25, -0.2) is 4.99 Å². The van der Waals surface area contributed by atoms with E-state index in [1.54, 1.807) is 0 Å². The topological polar surface area (TPSA) is 12.4 Å². The highest BCUT2D eigenvalue weighted by atomic mass is 14.8. The van der Waals surface area contributed by atoms with Gasteiger partial charge in [-0.15, -0.1) is 0 Å². The number of allylic oxidation sites excluding steroid dienone is 3. The molecule has 0 saturated carbocycles. The molecule has 1 aliphatic heterocycles. The molecule has 2 unspecified atom stereocenters. The molecule has 1 heteroatoms. The molecule has 0 bridgehead atoms. The molecule has 1 nitrogen and oxygen atoms in total. The Hall–Kier alpha value is -6.83. The summed E-state index contributed by atoms with van der Waals surface area (Å²) in [6, 6.07) is 69.6. The molecule has 8 aromatic carbocycles. The smallest absolute Gasteiger partial charge is 0.0788 e. The van der Waals surface area contributed by atoms with Crippen LogP contribution in [0.15, 0.2) is 205 Å². The molecule has 4 aliphatic rings. The zero-order valence-corrected chi connectivity index (χ0v) is 30.2. The lowest BCUT2D eigenvalue weighted by Crippen LogP contribution is -2.25. The van der Waals surface area contributed by atoms with Crippen molar-refractivity contribution in [3.63, 3.8) is 0 Å². The summed E-state index contributed by atoms with van der Waals surface area (Å²) in [7, 11) is 0. The zero-order valence-electron chi connectivity index (χ0n) is 30.2. The predicted molar refractivity (Wildman–Crippen MR) is 228 cm³/mol. The monoisotopic (exact) mass is 697 g/mol. The Labute approximate surface area is 321 Å². The summed E-state index contributed by atoms with van der Waals surface area (Å²) in [5.74, 6) is 0.225. The largest absolute Gasteiger partial charge is 0.247 e. The lowest BCUT2D eigenvalue weighted by atomic mass is 9.71. The van der Waals surface area contributed by atoms with Crippen LogP contribution in [-0.4, -0.2) is 5.71 Å². The minimum Gasteiger partial charge on any atom is -0.247 e. The molecule has 55 heavy (non-hydrogen) atoms. The van der Waals surface area contributed by atoms with Crippen LogP contribution >= 0.6 is 0 Å². The third kappa shape index (κ3) is 4.27. The van der Waals surface area contributed by atoms with Crippen LogP contribution in [0.2, 0.25) is 0 Å². The predicted octanol–water partition coefficient (Wildman–Crippen LogP) is 13.3. The second-order valence-corrected chi connectivity index (χ2v) is 15.3. The second-order valence-electron chi connectivity index (χ2n) is 15.3. The van der Waals surface area contributed by atoms with Crippen molar-refractivity contribution >= 4 is 27.8 Å². The van der Waals surface area contributed by atoms with Crippen LogP contribution in [0.4, 0.5) is 0 Å². The van der Waals surface area contributed by atoms with Crippen molar-refractivity contribution in [1.82, 2.24) is 0 Å². The quantitative estimate of drug-likeness (QED) is 0.174. The summed E-state index contributed by atoms with van der Waals surface area (Å²) < 4.78 is 0. The van der Waals surface area contributed by atoms with E-state index in [1.165, 1.54) is 83.1 Å². The number of fused-ring (bicyclic) bond motifs is 6. The average Bonchev–Trinajstić information content (AvgIpc) is 3.82. The van der Waals surface area contributed by atoms with Crippen LogP contribution in [0.1, 0.15) is 51.3 Å². The number of hydrogen-bond donors (Lipinski definition) is 0. The first-order valence-corrected chi connectivity index (χ1v) is 19.4. The normalized spacial score (nSPS) is 18.5. The van der Waals surface area contributed by atoms with Gasteiger partial charge in [-0.1, -0.05) is 182 Å². The molecule has 1 heterocycles. The van der Waals surface area contributed by atoms with Gasteiger partial charge in [-0.3, -0.25) is 0 Å². The molecule has 3 aliphatic carbocycles. The van der Waals surface area contributed by atoms with E-state index in [0.29, 0.717) is 0 Å². The van der Waals surface area contributed by atoms with Crippen molar-refractivity contribution in [2.75, 3.05) is 0 Å². The minimum absolute atomic E-state index is 0.225. The van der Waals surface area contributed by atoms with E-state index in [-0.39, 0.29) is 11.3 Å². The maximum Gasteiger partial charge on any atom is 0.0788 e. The molecule has 0 radical (unpaired) electrons. The van der Waals surface area contributed by atoms with E-state index in [0.717, 1.165) is 29.0 Å². The molecule has 0 aromatic heterocycles. The fraction of sp³-hybridized carbons (Fsp3) is 0.0556. The van der Waals surface area contributed by atoms with Gasteiger partial charge in [-0.05, 0) is 102 Å². The highest BCUT2D eigenvalue weighted by molar-refractivity contribution is 6.36. The molecule has 256 valence electrons. The van der Waals surface area contributed by atoms with Crippen LogP contribution in [-0.2, 0) is 5.41 Å². The standard InChI is InChI=1S/C54H35N/c1-3-13-37(14-4-1)49-31-30-45-44-20-11-19-43-42-18-9-10-21-47(42)54(51(43)44)48-33-41(28-29-46(48)50(52(45)54)53(55-49)38-15-5-2-6-16-38)36-24-22-35(23-25-36)40-27-26-34-12-7-8-17-39(34)32-40/h1-29,31-33,45H,30H2. The highest BCUT2D eigenvalue weighted by Crippen LogP contribution is 2.71. The molecule has 12 rings (SSSR count). The average molecular weight is 698 g/mol. The van der Waals surface area contributed by atoms with Gasteiger partial charge in [0.2, 0.25) is 0 Å². The molecule has 0 saturated heterocycles. The Morgan fingerprint density at radius 1 is 0.436 bits per heavy atom. The number of nitrogens with zero attached hydrogens (tertiary/aromatic N) is 1. The molecule has 2 atom stereocenters. The summed E-state index contributed by atoms with van der Waals surface area (Å²) in [5.41, 5.74) is 21.4. The maximum absolute atomic E-state index is 5.67. The highest BCUT2D eigenvalue weighted by Gasteiger charge is 2.60. The van der Waals surface area contributed by atoms with E-state index >= 15 is 0 Å². The van der Waals surface area contributed by atoms with E-state index < -0.39 is 0 Å². The van der Waals surface area contributed by atoms with Gasteiger partial charge in [0.25, 0.3) is 0 Å². The number of benzene rings is 8. The van der Waals surface area contributed by atoms with Crippen LogP contribution < -0.4 is 0 Å². The van der Waals surface area contributed by atoms with Crippen molar-refractivity contribution in [3.05, 3.63) is 239 Å². The third-order valence-electron chi connectivity index (χ3n) is 12.6. The van der Waals surface area contributed by atoms with Crippen LogP contribution in [0.3, 0.4) is 0 Å². The minimum atomic E-state index is -0.382. The van der Waals surface area contributed by atoms with Crippen LogP contribution in [0, 0.1) is 0 Å². The van der Waals surface area contributed by atoms with Crippen molar-refractivity contribution in [1.29, 1.82) is 0 Å². The van der Waals surface area contributed by atoms with Gasteiger partial charge < -0.3 is 0 Å². The summed E-state index contributed by atoms with van der Waals surface area (Å²) in [6.45, 7) is 0. The van der Waals surface area contributed by atoms with Crippen LogP contribution in [0.5, 0.6) is 0 Å². The summed E-state index contributed by atoms with van der Waals surface area (Å²) in [5, 5.41) is 2.53. The first kappa shape index (κ1) is 30.6. The Balaban J connectivity index is 1.10. The molecular weight excluding hydrogens is 663 g/mol. The van der Waals surface area contributed by atoms with Gasteiger partial charge >= 0.3 is 0 Å². The Morgan fingerprint density at radius 2 is 1.07 bits per heavy atom. The lowest BCUT2D eigenvalue weighted by molar-refractivity contribution is 0.730. The molecule has 0 amide bonds. The van der Waals surface area contributed by atoms with E-state index in [4.69, 9.17) is 4.99 Å². The van der Waals surface area contributed by atoms with E-state index in [2.05, 4.69) is 194 Å². The first-order valence-electron chi connectivity index (χ1n) is 19.4. The van der Waals surface area contributed by atoms with Gasteiger partial charge in [0.15, 0.2) is 0 Å². The molecular formula is C54H35N. The summed E-state index contributed by atoms with van der Waals surface area (Å²) >= 11 is 0. The SMILES string of the molecule is C1=C(c2ccccc2)N=C(c2ccccc2)C2=C3C(C1)c1cccc4c1C3(c1cc(-c3ccc(-c5ccc6ccccc6c5)cc3)ccc12)c1ccccc1-4. The zero-order chi connectivity index (χ0) is 36.1. The second kappa shape index (κ2) is 11.6. The fourth-order valence-corrected chi connectivity index (χ4v) is 10.3. The third-order valence-corrected chi connectivity index (χ3v) is 12.6. The van der Waals surface area contributed by atoms with Gasteiger partial charge in [0.1, 0.15) is 0 Å². The fourth-order valence-electron chi connectivity index (χ4n) is 10.3. The van der Waals surface area contributed by atoms with Crippen molar-refractivity contribution in [3.8, 4) is 33.4 Å². The van der Waals surface area contributed by atoms with Crippen molar-refractivity contribution in [2.24, 2.45) is 4.99 Å². The molecule has 8 aromatic rings. The van der Waals surface area contributed by atoms with E-state index in [9.17, 15) is 0 Å². The molecule has 0 fully saturated rings. The van der Waals surface area contributed by atoms with Crippen LogP contribution in [0.25, 0.3) is 55.4 Å². The first-order chi connectivity index (χ1) is 27.3. The lowest BCUT2D eigenvalue weighted by Gasteiger charge is -2.30. The molecule has 1 spiro atoms.